The van der Waals surface area contributed by atoms with Crippen LogP contribution in [0.1, 0.15) is 13.3 Å². The number of allylic oxidation sites excluding steroid dienone is 1. The highest BCUT2D eigenvalue weighted by atomic mass is 32.2. The van der Waals surface area contributed by atoms with E-state index in [1.807, 2.05) is 12.3 Å². The number of amides is 1. The Balaban J connectivity index is 2.63. The molecule has 0 aromatic rings. The van der Waals surface area contributed by atoms with Crippen molar-refractivity contribution >= 4 is 17.9 Å². The second-order valence-corrected chi connectivity index (χ2v) is 2.80. The topological polar surface area (TPSA) is 40.5 Å². The molecular weight excluding hydrogens is 150 g/mol. The monoisotopic (exact) mass is 159 g/mol. The summed E-state index contributed by atoms with van der Waals surface area (Å²) in [5.74, 6) is 0.554. The summed E-state index contributed by atoms with van der Waals surface area (Å²) in [7, 11) is 0. The van der Waals surface area contributed by atoms with Gasteiger partial charge in [0.1, 0.15) is 0 Å². The maximum atomic E-state index is 10.4. The number of thioether (sulfide) groups is 1. The summed E-state index contributed by atoms with van der Waals surface area (Å²) in [5.41, 5.74) is 0.900. The van der Waals surface area contributed by atoms with Crippen molar-refractivity contribution < 1.29 is 9.90 Å². The van der Waals surface area contributed by atoms with Gasteiger partial charge < -0.3 is 5.11 Å². The lowest BCUT2D eigenvalue weighted by atomic mass is 10.3. The van der Waals surface area contributed by atoms with Gasteiger partial charge in [0.15, 0.2) is 0 Å². The molecule has 10 heavy (non-hydrogen) atoms. The van der Waals surface area contributed by atoms with Crippen LogP contribution < -0.4 is 0 Å². The highest BCUT2D eigenvalue weighted by molar-refractivity contribution is 8.02. The predicted octanol–water partition coefficient (Wildman–Crippen LogP) is 1.92. The number of carbonyl (C=O) groups is 1. The van der Waals surface area contributed by atoms with Crippen LogP contribution in [0.3, 0.4) is 0 Å². The Hall–Kier alpha value is -0.640. The van der Waals surface area contributed by atoms with E-state index in [0.717, 1.165) is 12.1 Å². The van der Waals surface area contributed by atoms with Crippen molar-refractivity contribution in [3.05, 3.63) is 11.1 Å². The Morgan fingerprint density at radius 1 is 2.00 bits per heavy atom. The van der Waals surface area contributed by atoms with Gasteiger partial charge >= 0.3 is 6.09 Å². The minimum atomic E-state index is -0.849. The molecule has 3 nitrogen and oxygen atoms in total. The number of hydrogen-bond donors (Lipinski definition) is 1. The number of hydrogen-bond acceptors (Lipinski definition) is 2. The van der Waals surface area contributed by atoms with E-state index in [-0.39, 0.29) is 0 Å². The van der Waals surface area contributed by atoms with Gasteiger partial charge in [-0.2, -0.15) is 0 Å². The third-order valence-corrected chi connectivity index (χ3v) is 2.21. The molecule has 1 amide bonds. The Morgan fingerprint density at radius 3 is 3.10 bits per heavy atom. The SMILES string of the molecule is CCC1=CSCN1C(=O)O. The quantitative estimate of drug-likeness (QED) is 0.635. The average Bonchev–Trinajstić information content (AvgIpc) is 2.33. The predicted molar refractivity (Wildman–Crippen MR) is 40.7 cm³/mol. The van der Waals surface area contributed by atoms with Crippen molar-refractivity contribution in [2.24, 2.45) is 0 Å². The molecule has 1 N–H and O–H groups in total. The van der Waals surface area contributed by atoms with E-state index >= 15 is 0 Å². The molecule has 4 heteroatoms. The van der Waals surface area contributed by atoms with E-state index in [4.69, 9.17) is 5.11 Å². The zero-order valence-electron chi connectivity index (χ0n) is 5.70. The first-order valence-corrected chi connectivity index (χ1v) is 4.11. The first-order valence-electron chi connectivity index (χ1n) is 3.06. The van der Waals surface area contributed by atoms with Gasteiger partial charge in [0.25, 0.3) is 0 Å². The van der Waals surface area contributed by atoms with Gasteiger partial charge in [-0.25, -0.2) is 4.79 Å². The second-order valence-electron chi connectivity index (χ2n) is 1.97. The van der Waals surface area contributed by atoms with Crippen molar-refractivity contribution in [3.63, 3.8) is 0 Å². The standard InChI is InChI=1S/C6H9NO2S/c1-2-5-3-10-4-7(5)6(8)9/h3H,2,4H2,1H3,(H,8,9). The molecule has 0 unspecified atom stereocenters. The Morgan fingerprint density at radius 2 is 2.70 bits per heavy atom. The lowest BCUT2D eigenvalue weighted by Gasteiger charge is -2.13. The molecule has 0 saturated carbocycles. The Labute approximate surface area is 63.7 Å². The summed E-state index contributed by atoms with van der Waals surface area (Å²) in [6.45, 7) is 1.95. The zero-order chi connectivity index (χ0) is 7.56. The molecule has 0 spiro atoms. The number of rotatable bonds is 1. The molecular formula is C6H9NO2S. The van der Waals surface area contributed by atoms with Crippen LogP contribution in [0.5, 0.6) is 0 Å². The lowest BCUT2D eigenvalue weighted by Crippen LogP contribution is -2.24. The maximum absolute atomic E-state index is 10.4. The van der Waals surface area contributed by atoms with Gasteiger partial charge in [-0.3, -0.25) is 4.90 Å². The van der Waals surface area contributed by atoms with Crippen LogP contribution in [-0.4, -0.2) is 22.0 Å². The number of nitrogens with zero attached hydrogens (tertiary/aromatic N) is 1. The molecule has 0 saturated heterocycles. The third kappa shape index (κ3) is 1.26. The summed E-state index contributed by atoms with van der Waals surface area (Å²) in [6.07, 6.45) is -0.0580. The van der Waals surface area contributed by atoms with Crippen LogP contribution in [0, 0.1) is 0 Å². The molecule has 1 aliphatic rings. The maximum Gasteiger partial charge on any atom is 0.412 e. The van der Waals surface area contributed by atoms with Gasteiger partial charge in [0.05, 0.1) is 5.88 Å². The molecule has 0 bridgehead atoms. The third-order valence-electron chi connectivity index (χ3n) is 1.36. The Kier molecular flexibility index (Phi) is 2.21. The van der Waals surface area contributed by atoms with Crippen molar-refractivity contribution in [1.29, 1.82) is 0 Å². The fraction of sp³-hybridized carbons (Fsp3) is 0.500. The zero-order valence-corrected chi connectivity index (χ0v) is 6.52. The van der Waals surface area contributed by atoms with Gasteiger partial charge in [0.2, 0.25) is 0 Å². The summed E-state index contributed by atoms with van der Waals surface area (Å²) >= 11 is 1.53. The van der Waals surface area contributed by atoms with Crippen molar-refractivity contribution in [1.82, 2.24) is 4.90 Å². The highest BCUT2D eigenvalue weighted by Gasteiger charge is 2.19. The highest BCUT2D eigenvalue weighted by Crippen LogP contribution is 2.24. The summed E-state index contributed by atoms with van der Waals surface area (Å²) in [4.78, 5) is 11.8. The lowest BCUT2D eigenvalue weighted by molar-refractivity contribution is 0.165. The van der Waals surface area contributed by atoms with Crippen LogP contribution in [-0.2, 0) is 0 Å². The van der Waals surface area contributed by atoms with Crippen LogP contribution in [0.2, 0.25) is 0 Å². The van der Waals surface area contributed by atoms with E-state index in [9.17, 15) is 4.79 Å². The molecule has 0 aromatic carbocycles. The van der Waals surface area contributed by atoms with Gasteiger partial charge in [-0.15, -0.1) is 11.8 Å². The van der Waals surface area contributed by atoms with E-state index in [2.05, 4.69) is 0 Å². The molecule has 56 valence electrons. The van der Waals surface area contributed by atoms with E-state index in [1.165, 1.54) is 16.7 Å². The van der Waals surface area contributed by atoms with Crippen LogP contribution in [0.15, 0.2) is 11.1 Å². The minimum Gasteiger partial charge on any atom is -0.465 e. The largest absolute Gasteiger partial charge is 0.465 e. The van der Waals surface area contributed by atoms with Crippen molar-refractivity contribution in [2.45, 2.75) is 13.3 Å². The molecule has 1 heterocycles. The summed E-state index contributed by atoms with van der Waals surface area (Å²) < 4.78 is 0. The molecule has 1 rings (SSSR count). The summed E-state index contributed by atoms with van der Waals surface area (Å²) in [5, 5.41) is 10.5. The van der Waals surface area contributed by atoms with Crippen LogP contribution >= 0.6 is 11.8 Å². The first kappa shape index (κ1) is 7.47. The molecule has 0 aromatic heterocycles. The van der Waals surface area contributed by atoms with E-state index < -0.39 is 6.09 Å². The average molecular weight is 159 g/mol. The van der Waals surface area contributed by atoms with Gasteiger partial charge in [-0.05, 0) is 11.8 Å². The molecule has 0 radical (unpaired) electrons. The normalized spacial score (nSPS) is 17.3. The Bertz CT molecular complexity index is 179. The van der Waals surface area contributed by atoms with E-state index in [1.54, 1.807) is 0 Å². The molecule has 0 fully saturated rings. The van der Waals surface area contributed by atoms with E-state index in [0.29, 0.717) is 5.88 Å². The van der Waals surface area contributed by atoms with Crippen molar-refractivity contribution in [3.8, 4) is 0 Å². The molecule has 0 atom stereocenters. The fourth-order valence-electron chi connectivity index (χ4n) is 0.807. The van der Waals surface area contributed by atoms with Gasteiger partial charge in [-0.1, -0.05) is 6.92 Å². The van der Waals surface area contributed by atoms with Crippen molar-refractivity contribution in [2.75, 3.05) is 5.88 Å². The molecule has 0 aliphatic carbocycles. The fourth-order valence-corrected chi connectivity index (χ4v) is 1.79. The number of carboxylic acid groups (broad SMARTS) is 1. The second kappa shape index (κ2) is 2.96. The van der Waals surface area contributed by atoms with Crippen LogP contribution in [0.4, 0.5) is 4.79 Å². The molecule has 1 aliphatic heterocycles. The summed E-state index contributed by atoms with van der Waals surface area (Å²) in [6, 6.07) is 0. The smallest absolute Gasteiger partial charge is 0.412 e. The minimum absolute atomic E-state index is 0.554. The van der Waals surface area contributed by atoms with Crippen LogP contribution in [0.25, 0.3) is 0 Å². The first-order chi connectivity index (χ1) is 4.75. The van der Waals surface area contributed by atoms with Gasteiger partial charge in [0, 0.05) is 5.70 Å².